The van der Waals surface area contributed by atoms with Crippen molar-refractivity contribution < 1.29 is 14.3 Å². The third-order valence-electron chi connectivity index (χ3n) is 2.15. The number of carbonyl (C=O) groups excluding carboxylic acids is 2. The first-order valence-electron chi connectivity index (χ1n) is 5.65. The van der Waals surface area contributed by atoms with Gasteiger partial charge in [-0.3, -0.25) is 9.59 Å². The maximum atomic E-state index is 11.3. The first-order valence-corrected chi connectivity index (χ1v) is 5.65. The Balaban J connectivity index is 3.94. The topological polar surface area (TPSA) is 105 Å². The molecule has 0 bridgehead atoms. The summed E-state index contributed by atoms with van der Waals surface area (Å²) < 4.78 is 4.91. The average molecular weight is 241 g/mol. The Bertz CT molecular complexity index is 286. The fourth-order valence-electron chi connectivity index (χ4n) is 1.27. The molecule has 0 saturated carbocycles. The summed E-state index contributed by atoms with van der Waals surface area (Å²) >= 11 is 0. The minimum Gasteiger partial charge on any atom is -0.372 e. The highest BCUT2D eigenvalue weighted by molar-refractivity contribution is 5.86. The SMILES string of the molecule is CCOCC(=O)N[C@H](CCCCC#N)C(N)=O. The van der Waals surface area contributed by atoms with Gasteiger partial charge in [0.2, 0.25) is 11.8 Å². The van der Waals surface area contributed by atoms with Crippen molar-refractivity contribution in [1.29, 1.82) is 5.26 Å². The summed E-state index contributed by atoms with van der Waals surface area (Å²) in [5, 5.41) is 10.9. The Labute approximate surface area is 101 Å². The van der Waals surface area contributed by atoms with Crippen LogP contribution < -0.4 is 11.1 Å². The summed E-state index contributed by atoms with van der Waals surface area (Å²) in [6.07, 6.45) is 2.27. The molecule has 96 valence electrons. The van der Waals surface area contributed by atoms with Gasteiger partial charge in [-0.05, 0) is 26.2 Å². The Morgan fingerprint density at radius 2 is 2.18 bits per heavy atom. The number of rotatable bonds is 9. The predicted molar refractivity (Wildman–Crippen MR) is 61.7 cm³/mol. The van der Waals surface area contributed by atoms with E-state index < -0.39 is 11.9 Å². The first-order chi connectivity index (χ1) is 8.11. The van der Waals surface area contributed by atoms with Gasteiger partial charge in [0.25, 0.3) is 0 Å². The van der Waals surface area contributed by atoms with Crippen LogP contribution in [0.4, 0.5) is 0 Å². The molecule has 6 heteroatoms. The summed E-state index contributed by atoms with van der Waals surface area (Å²) in [5.41, 5.74) is 5.17. The van der Waals surface area contributed by atoms with Crippen LogP contribution in [0.3, 0.4) is 0 Å². The van der Waals surface area contributed by atoms with Crippen LogP contribution in [0.25, 0.3) is 0 Å². The number of carbonyl (C=O) groups is 2. The summed E-state index contributed by atoms with van der Waals surface area (Å²) in [6.45, 7) is 2.15. The molecule has 0 fully saturated rings. The van der Waals surface area contributed by atoms with Crippen LogP contribution >= 0.6 is 0 Å². The molecule has 0 aliphatic heterocycles. The van der Waals surface area contributed by atoms with Crippen LogP contribution in [0.5, 0.6) is 0 Å². The van der Waals surface area contributed by atoms with E-state index in [4.69, 9.17) is 15.7 Å². The molecule has 3 N–H and O–H groups in total. The van der Waals surface area contributed by atoms with Crippen molar-refractivity contribution in [2.45, 2.75) is 38.6 Å². The van der Waals surface area contributed by atoms with Gasteiger partial charge in [0.05, 0.1) is 6.07 Å². The van der Waals surface area contributed by atoms with E-state index >= 15 is 0 Å². The van der Waals surface area contributed by atoms with Crippen LogP contribution in [0.1, 0.15) is 32.6 Å². The number of nitrogens with zero attached hydrogens (tertiary/aromatic N) is 1. The zero-order valence-corrected chi connectivity index (χ0v) is 10.1. The van der Waals surface area contributed by atoms with Gasteiger partial charge >= 0.3 is 0 Å². The number of ether oxygens (including phenoxy) is 1. The molecule has 17 heavy (non-hydrogen) atoms. The van der Waals surface area contributed by atoms with E-state index in [1.54, 1.807) is 6.92 Å². The Morgan fingerprint density at radius 3 is 2.71 bits per heavy atom. The highest BCUT2D eigenvalue weighted by Gasteiger charge is 2.17. The smallest absolute Gasteiger partial charge is 0.246 e. The van der Waals surface area contributed by atoms with E-state index in [0.717, 1.165) is 0 Å². The number of nitrogens with two attached hydrogens (primary N) is 1. The molecule has 1 atom stereocenters. The number of nitriles is 1. The van der Waals surface area contributed by atoms with Gasteiger partial charge < -0.3 is 15.8 Å². The van der Waals surface area contributed by atoms with Crippen molar-refractivity contribution in [3.8, 4) is 6.07 Å². The van der Waals surface area contributed by atoms with Gasteiger partial charge in [0.1, 0.15) is 12.6 Å². The molecule has 0 aromatic heterocycles. The standard InChI is InChI=1S/C11H19N3O3/c1-2-17-8-10(15)14-9(11(13)16)6-4-3-5-7-12/h9H,2-6,8H2,1H3,(H2,13,16)(H,14,15)/t9-/m1/s1. The lowest BCUT2D eigenvalue weighted by Crippen LogP contribution is -2.45. The lowest BCUT2D eigenvalue weighted by molar-refractivity contribution is -0.130. The Hall–Kier alpha value is -1.61. The summed E-state index contributed by atoms with van der Waals surface area (Å²) in [7, 11) is 0. The normalized spacial score (nSPS) is 11.5. The van der Waals surface area contributed by atoms with Crippen molar-refractivity contribution in [2.75, 3.05) is 13.2 Å². The first kappa shape index (κ1) is 15.4. The quantitative estimate of drug-likeness (QED) is 0.557. The Kier molecular flexibility index (Phi) is 8.69. The second kappa shape index (κ2) is 9.60. The molecule has 0 aromatic carbocycles. The molecule has 0 rings (SSSR count). The molecular weight excluding hydrogens is 222 g/mol. The van der Waals surface area contributed by atoms with Gasteiger partial charge in [0.15, 0.2) is 0 Å². The van der Waals surface area contributed by atoms with E-state index in [9.17, 15) is 9.59 Å². The Morgan fingerprint density at radius 1 is 1.47 bits per heavy atom. The zero-order valence-electron chi connectivity index (χ0n) is 10.1. The second-order valence-electron chi connectivity index (χ2n) is 3.56. The largest absolute Gasteiger partial charge is 0.372 e. The molecule has 0 aliphatic rings. The fraction of sp³-hybridized carbons (Fsp3) is 0.727. The van der Waals surface area contributed by atoms with E-state index in [0.29, 0.717) is 32.3 Å². The van der Waals surface area contributed by atoms with Gasteiger partial charge in [-0.25, -0.2) is 0 Å². The number of hydrogen-bond acceptors (Lipinski definition) is 4. The molecule has 6 nitrogen and oxygen atoms in total. The van der Waals surface area contributed by atoms with Crippen LogP contribution in [0.2, 0.25) is 0 Å². The summed E-state index contributed by atoms with van der Waals surface area (Å²) in [5.74, 6) is -0.914. The molecular formula is C11H19N3O3. The maximum Gasteiger partial charge on any atom is 0.246 e. The highest BCUT2D eigenvalue weighted by atomic mass is 16.5. The molecule has 0 saturated heterocycles. The number of nitrogens with one attached hydrogen (secondary N) is 1. The number of primary amides is 1. The van der Waals surface area contributed by atoms with Crippen LogP contribution in [0, 0.1) is 11.3 Å². The predicted octanol–water partition coefficient (Wildman–Crippen LogP) is 0.0770. The van der Waals surface area contributed by atoms with E-state index in [1.165, 1.54) is 0 Å². The molecule has 0 aromatic rings. The molecule has 0 unspecified atom stereocenters. The second-order valence-corrected chi connectivity index (χ2v) is 3.56. The summed E-state index contributed by atoms with van der Waals surface area (Å²) in [6, 6.07) is 1.34. The number of hydrogen-bond donors (Lipinski definition) is 2. The van der Waals surface area contributed by atoms with E-state index in [2.05, 4.69) is 5.32 Å². The number of unbranched alkanes of at least 4 members (excludes halogenated alkanes) is 2. The van der Waals surface area contributed by atoms with Gasteiger partial charge in [-0.15, -0.1) is 0 Å². The summed E-state index contributed by atoms with van der Waals surface area (Å²) in [4.78, 5) is 22.4. The van der Waals surface area contributed by atoms with E-state index in [-0.39, 0.29) is 12.5 Å². The van der Waals surface area contributed by atoms with E-state index in [1.807, 2.05) is 6.07 Å². The van der Waals surface area contributed by atoms with Crippen molar-refractivity contribution in [3.63, 3.8) is 0 Å². The molecule has 0 heterocycles. The van der Waals surface area contributed by atoms with Crippen molar-refractivity contribution in [2.24, 2.45) is 5.73 Å². The molecule has 0 spiro atoms. The molecule has 0 radical (unpaired) electrons. The monoisotopic (exact) mass is 241 g/mol. The highest BCUT2D eigenvalue weighted by Crippen LogP contribution is 2.03. The minimum atomic E-state index is -0.679. The maximum absolute atomic E-state index is 11.3. The van der Waals surface area contributed by atoms with Crippen LogP contribution in [-0.4, -0.2) is 31.1 Å². The average Bonchev–Trinajstić information content (AvgIpc) is 2.30. The van der Waals surface area contributed by atoms with Gasteiger partial charge in [-0.1, -0.05) is 0 Å². The van der Waals surface area contributed by atoms with Crippen molar-refractivity contribution in [3.05, 3.63) is 0 Å². The van der Waals surface area contributed by atoms with Gasteiger partial charge in [-0.2, -0.15) is 5.26 Å². The molecule has 2 amide bonds. The molecule has 0 aliphatic carbocycles. The minimum absolute atomic E-state index is 0.0710. The lowest BCUT2D eigenvalue weighted by atomic mass is 10.1. The van der Waals surface area contributed by atoms with Gasteiger partial charge in [0, 0.05) is 13.0 Å². The van der Waals surface area contributed by atoms with Crippen LogP contribution in [0.15, 0.2) is 0 Å². The third-order valence-corrected chi connectivity index (χ3v) is 2.15. The van der Waals surface area contributed by atoms with Crippen molar-refractivity contribution in [1.82, 2.24) is 5.32 Å². The fourth-order valence-corrected chi connectivity index (χ4v) is 1.27. The third kappa shape index (κ3) is 8.22. The van der Waals surface area contributed by atoms with Crippen LogP contribution in [-0.2, 0) is 14.3 Å². The zero-order chi connectivity index (χ0) is 13.1. The van der Waals surface area contributed by atoms with Crippen molar-refractivity contribution >= 4 is 11.8 Å². The lowest BCUT2D eigenvalue weighted by Gasteiger charge is -2.14. The number of amides is 2.